The first-order valence-corrected chi connectivity index (χ1v) is 6.99. The number of aliphatic hydroxyl groups excluding tert-OH is 1. The number of hydrogen-bond acceptors (Lipinski definition) is 2. The Balaban J connectivity index is 1.95. The van der Waals surface area contributed by atoms with Crippen LogP contribution in [0.15, 0.2) is 0 Å². The summed E-state index contributed by atoms with van der Waals surface area (Å²) in [5, 5.41) is 10.3. The zero-order valence-corrected chi connectivity index (χ0v) is 10.7. The third-order valence-corrected chi connectivity index (χ3v) is 4.76. The molecule has 0 bridgehead atoms. The third kappa shape index (κ3) is 2.43. The van der Waals surface area contributed by atoms with Crippen molar-refractivity contribution in [1.29, 1.82) is 0 Å². The molecule has 2 fully saturated rings. The summed E-state index contributed by atoms with van der Waals surface area (Å²) in [5.74, 6) is 0.906. The minimum Gasteiger partial charge on any atom is -0.393 e. The van der Waals surface area contributed by atoms with Crippen molar-refractivity contribution in [2.75, 3.05) is 6.61 Å². The van der Waals surface area contributed by atoms with Gasteiger partial charge in [-0.25, -0.2) is 0 Å². The molecule has 1 aliphatic heterocycles. The van der Waals surface area contributed by atoms with Crippen LogP contribution in [0.4, 0.5) is 0 Å². The van der Waals surface area contributed by atoms with Crippen molar-refractivity contribution in [2.45, 2.75) is 70.5 Å². The summed E-state index contributed by atoms with van der Waals surface area (Å²) in [7, 11) is 0. The SMILES string of the molecule is CCC(C)C(O)C1CCOC2(CCCC2)C1. The van der Waals surface area contributed by atoms with Gasteiger partial charge in [-0.3, -0.25) is 0 Å². The van der Waals surface area contributed by atoms with Crippen LogP contribution in [-0.4, -0.2) is 23.4 Å². The minimum absolute atomic E-state index is 0.119. The molecule has 0 radical (unpaired) electrons. The second kappa shape index (κ2) is 5.05. The Morgan fingerprint density at radius 3 is 2.69 bits per heavy atom. The summed E-state index contributed by atoms with van der Waals surface area (Å²) in [6.45, 7) is 5.19. The summed E-state index contributed by atoms with van der Waals surface area (Å²) >= 11 is 0. The van der Waals surface area contributed by atoms with Crippen LogP contribution >= 0.6 is 0 Å². The van der Waals surface area contributed by atoms with E-state index < -0.39 is 0 Å². The van der Waals surface area contributed by atoms with Gasteiger partial charge in [0.15, 0.2) is 0 Å². The van der Waals surface area contributed by atoms with Gasteiger partial charge in [-0.2, -0.15) is 0 Å². The molecule has 0 aromatic carbocycles. The van der Waals surface area contributed by atoms with Crippen LogP contribution in [0.2, 0.25) is 0 Å². The fraction of sp³-hybridized carbons (Fsp3) is 1.00. The third-order valence-electron chi connectivity index (χ3n) is 4.76. The highest BCUT2D eigenvalue weighted by Crippen LogP contribution is 2.43. The van der Waals surface area contributed by atoms with E-state index in [1.807, 2.05) is 0 Å². The molecule has 1 spiro atoms. The van der Waals surface area contributed by atoms with Crippen molar-refractivity contribution in [3.63, 3.8) is 0 Å². The second-order valence-electron chi connectivity index (χ2n) is 5.87. The lowest BCUT2D eigenvalue weighted by molar-refractivity contribution is -0.119. The first-order chi connectivity index (χ1) is 7.67. The van der Waals surface area contributed by atoms with Crippen LogP contribution in [0.25, 0.3) is 0 Å². The molecule has 2 nitrogen and oxygen atoms in total. The highest BCUT2D eigenvalue weighted by atomic mass is 16.5. The molecular weight excluding hydrogens is 200 g/mol. The number of rotatable bonds is 3. The lowest BCUT2D eigenvalue weighted by Crippen LogP contribution is -2.42. The Bertz CT molecular complexity index is 221. The first kappa shape index (κ1) is 12.4. The van der Waals surface area contributed by atoms with Gasteiger partial charge in [-0.15, -0.1) is 0 Å². The Morgan fingerprint density at radius 2 is 2.06 bits per heavy atom. The highest BCUT2D eigenvalue weighted by molar-refractivity contribution is 4.93. The van der Waals surface area contributed by atoms with Crippen LogP contribution in [0.3, 0.4) is 0 Å². The topological polar surface area (TPSA) is 29.5 Å². The zero-order chi connectivity index (χ0) is 11.6. The van der Waals surface area contributed by atoms with E-state index in [0.717, 1.165) is 25.9 Å². The summed E-state index contributed by atoms with van der Waals surface area (Å²) in [4.78, 5) is 0. The van der Waals surface area contributed by atoms with E-state index in [9.17, 15) is 5.11 Å². The van der Waals surface area contributed by atoms with E-state index >= 15 is 0 Å². The summed E-state index contributed by atoms with van der Waals surface area (Å²) < 4.78 is 6.01. The monoisotopic (exact) mass is 226 g/mol. The molecule has 3 atom stereocenters. The van der Waals surface area contributed by atoms with Gasteiger partial charge in [0, 0.05) is 6.61 Å². The van der Waals surface area contributed by atoms with Crippen LogP contribution in [-0.2, 0) is 4.74 Å². The summed E-state index contributed by atoms with van der Waals surface area (Å²) in [6.07, 6.45) is 8.16. The van der Waals surface area contributed by atoms with Crippen LogP contribution < -0.4 is 0 Å². The standard InChI is InChI=1S/C14H26O2/c1-3-11(2)13(15)12-6-9-16-14(10-12)7-4-5-8-14/h11-13,15H,3-10H2,1-2H3. The Morgan fingerprint density at radius 1 is 1.38 bits per heavy atom. The van der Waals surface area contributed by atoms with Crippen molar-refractivity contribution in [3.8, 4) is 0 Å². The van der Waals surface area contributed by atoms with Gasteiger partial charge >= 0.3 is 0 Å². The van der Waals surface area contributed by atoms with Crippen molar-refractivity contribution >= 4 is 0 Å². The molecule has 16 heavy (non-hydrogen) atoms. The first-order valence-electron chi connectivity index (χ1n) is 6.99. The average Bonchev–Trinajstić information content (AvgIpc) is 2.75. The lowest BCUT2D eigenvalue weighted by atomic mass is 9.78. The van der Waals surface area contributed by atoms with Crippen molar-refractivity contribution in [1.82, 2.24) is 0 Å². The van der Waals surface area contributed by atoms with Crippen LogP contribution in [0.1, 0.15) is 58.8 Å². The number of ether oxygens (including phenoxy) is 1. The van der Waals surface area contributed by atoms with E-state index in [2.05, 4.69) is 13.8 Å². The maximum absolute atomic E-state index is 10.3. The molecule has 2 aliphatic rings. The highest BCUT2D eigenvalue weighted by Gasteiger charge is 2.42. The maximum atomic E-state index is 10.3. The molecule has 1 saturated heterocycles. The Labute approximate surface area is 99.4 Å². The number of hydrogen-bond donors (Lipinski definition) is 1. The van der Waals surface area contributed by atoms with Gasteiger partial charge in [0.25, 0.3) is 0 Å². The van der Waals surface area contributed by atoms with Crippen LogP contribution in [0, 0.1) is 11.8 Å². The smallest absolute Gasteiger partial charge is 0.0686 e. The van der Waals surface area contributed by atoms with E-state index in [1.165, 1.54) is 25.7 Å². The quantitative estimate of drug-likeness (QED) is 0.801. The lowest BCUT2D eigenvalue weighted by Gasteiger charge is -2.41. The molecule has 1 aliphatic carbocycles. The maximum Gasteiger partial charge on any atom is 0.0686 e. The molecule has 0 aromatic heterocycles. The molecule has 1 N–H and O–H groups in total. The van der Waals surface area contributed by atoms with Gasteiger partial charge < -0.3 is 9.84 Å². The Kier molecular flexibility index (Phi) is 3.91. The molecule has 1 saturated carbocycles. The van der Waals surface area contributed by atoms with Crippen molar-refractivity contribution in [2.24, 2.45) is 11.8 Å². The van der Waals surface area contributed by atoms with Gasteiger partial charge in [0.05, 0.1) is 11.7 Å². The van der Waals surface area contributed by atoms with E-state index in [-0.39, 0.29) is 11.7 Å². The predicted molar refractivity (Wildman–Crippen MR) is 65.3 cm³/mol. The number of aliphatic hydroxyl groups is 1. The van der Waals surface area contributed by atoms with Gasteiger partial charge in [-0.05, 0) is 37.5 Å². The normalized spacial score (nSPS) is 32.8. The summed E-state index contributed by atoms with van der Waals surface area (Å²) in [6, 6.07) is 0. The molecule has 1 heterocycles. The second-order valence-corrected chi connectivity index (χ2v) is 5.87. The van der Waals surface area contributed by atoms with Crippen molar-refractivity contribution < 1.29 is 9.84 Å². The summed E-state index contributed by atoms with van der Waals surface area (Å²) in [5.41, 5.74) is 0.150. The fourth-order valence-electron chi connectivity index (χ4n) is 3.43. The van der Waals surface area contributed by atoms with Gasteiger partial charge in [0.2, 0.25) is 0 Å². The van der Waals surface area contributed by atoms with Gasteiger partial charge in [-0.1, -0.05) is 33.1 Å². The molecule has 2 rings (SSSR count). The molecule has 94 valence electrons. The molecular formula is C14H26O2. The van der Waals surface area contributed by atoms with Crippen LogP contribution in [0.5, 0.6) is 0 Å². The average molecular weight is 226 g/mol. The molecule has 0 amide bonds. The van der Waals surface area contributed by atoms with Crippen molar-refractivity contribution in [3.05, 3.63) is 0 Å². The van der Waals surface area contributed by atoms with E-state index in [0.29, 0.717) is 11.8 Å². The molecule has 0 aromatic rings. The van der Waals surface area contributed by atoms with E-state index in [1.54, 1.807) is 0 Å². The molecule has 2 heteroatoms. The molecule has 3 unspecified atom stereocenters. The zero-order valence-electron chi connectivity index (χ0n) is 10.7. The van der Waals surface area contributed by atoms with E-state index in [4.69, 9.17) is 4.74 Å². The predicted octanol–water partition coefficient (Wildman–Crippen LogP) is 3.13. The fourth-order valence-corrected chi connectivity index (χ4v) is 3.43. The Hall–Kier alpha value is -0.0800. The minimum atomic E-state index is -0.119. The largest absolute Gasteiger partial charge is 0.393 e. The van der Waals surface area contributed by atoms with Gasteiger partial charge in [0.1, 0.15) is 0 Å².